The first-order valence-corrected chi connectivity index (χ1v) is 12.9. The molecule has 3 heterocycles. The third kappa shape index (κ3) is 3.40. The Morgan fingerprint density at radius 3 is 2.21 bits per heavy atom. The number of nitrogens with one attached hydrogen (secondary N) is 2. The molecule has 2 aromatic carbocycles. The number of rotatable bonds is 2. The molecule has 9 nitrogen and oxygen atoms in total. The molecule has 4 amide bonds. The molecule has 5 rings (SSSR count). The van der Waals surface area contributed by atoms with Crippen molar-refractivity contribution in [1.82, 2.24) is 10.6 Å². The summed E-state index contributed by atoms with van der Waals surface area (Å²) in [6.07, 6.45) is 0.717. The Morgan fingerprint density at radius 2 is 1.59 bits per heavy atom. The number of fused-ring (bicyclic) bond motifs is 4. The molecule has 10 heteroatoms. The molecule has 2 aromatic rings. The van der Waals surface area contributed by atoms with Gasteiger partial charge in [-0.2, -0.15) is 0 Å². The number of carbonyl (C=O) groups excluding carboxylic acids is 3. The summed E-state index contributed by atoms with van der Waals surface area (Å²) < 4.78 is 29.7. The fourth-order valence-corrected chi connectivity index (χ4v) is 6.13. The Morgan fingerprint density at radius 1 is 0.971 bits per heavy atom. The number of anilines is 1. The van der Waals surface area contributed by atoms with Gasteiger partial charge in [-0.3, -0.25) is 20.2 Å². The molecular formula is C24H25N3O6S. The van der Waals surface area contributed by atoms with Crippen LogP contribution < -0.4 is 15.5 Å². The molecule has 0 aromatic heterocycles. The van der Waals surface area contributed by atoms with Gasteiger partial charge in [-0.1, -0.05) is 24.3 Å². The van der Waals surface area contributed by atoms with Crippen LogP contribution >= 0.6 is 0 Å². The third-order valence-corrected chi connectivity index (χ3v) is 8.06. The van der Waals surface area contributed by atoms with E-state index in [0.29, 0.717) is 6.54 Å². The molecule has 3 atom stereocenters. The van der Waals surface area contributed by atoms with Gasteiger partial charge in [-0.05, 0) is 55.2 Å². The highest BCUT2D eigenvalue weighted by Crippen LogP contribution is 2.47. The monoisotopic (exact) mass is 483 g/mol. The van der Waals surface area contributed by atoms with Crippen LogP contribution in [0.4, 0.5) is 10.5 Å². The SMILES string of the molecule is C[C@@H]1CN2c3cc(-c4ccc(S(C)(=O)=O)cc4)ccc3CC3(C(=O)NC(=O)NC3=O)[C@H]2[C@H](C)O1. The van der Waals surface area contributed by atoms with E-state index < -0.39 is 45.2 Å². The summed E-state index contributed by atoms with van der Waals surface area (Å²) >= 11 is 0. The number of imide groups is 2. The number of morpholine rings is 1. The van der Waals surface area contributed by atoms with Crippen molar-refractivity contribution in [3.8, 4) is 11.1 Å². The van der Waals surface area contributed by atoms with Crippen LogP contribution in [-0.4, -0.2) is 57.3 Å². The molecule has 2 fully saturated rings. The van der Waals surface area contributed by atoms with Crippen molar-refractivity contribution in [1.29, 1.82) is 0 Å². The maximum Gasteiger partial charge on any atom is 0.328 e. The summed E-state index contributed by atoms with van der Waals surface area (Å²) in [6, 6.07) is 11.0. The van der Waals surface area contributed by atoms with Crippen molar-refractivity contribution >= 4 is 33.4 Å². The molecule has 2 saturated heterocycles. The Balaban J connectivity index is 1.62. The van der Waals surface area contributed by atoms with Gasteiger partial charge in [-0.25, -0.2) is 13.2 Å². The van der Waals surface area contributed by atoms with Gasteiger partial charge in [0.05, 0.1) is 23.1 Å². The van der Waals surface area contributed by atoms with Crippen LogP contribution in [0.25, 0.3) is 11.1 Å². The summed E-state index contributed by atoms with van der Waals surface area (Å²) in [5.41, 5.74) is 1.93. The van der Waals surface area contributed by atoms with E-state index in [1.165, 1.54) is 6.26 Å². The zero-order valence-electron chi connectivity index (χ0n) is 19.0. The minimum absolute atomic E-state index is 0.129. The van der Waals surface area contributed by atoms with E-state index in [9.17, 15) is 22.8 Å². The van der Waals surface area contributed by atoms with Gasteiger partial charge in [0.1, 0.15) is 0 Å². The highest BCUT2D eigenvalue weighted by atomic mass is 32.2. The second-order valence-electron chi connectivity index (χ2n) is 9.27. The Labute approximate surface area is 197 Å². The maximum absolute atomic E-state index is 13.2. The lowest BCUT2D eigenvalue weighted by Gasteiger charge is -2.55. The topological polar surface area (TPSA) is 122 Å². The fourth-order valence-electron chi connectivity index (χ4n) is 5.50. The molecule has 178 valence electrons. The molecule has 2 N–H and O–H groups in total. The van der Waals surface area contributed by atoms with Crippen LogP contribution in [0, 0.1) is 5.41 Å². The Kier molecular flexibility index (Phi) is 5.07. The predicted octanol–water partition coefficient (Wildman–Crippen LogP) is 1.65. The highest BCUT2D eigenvalue weighted by molar-refractivity contribution is 7.90. The van der Waals surface area contributed by atoms with Crippen molar-refractivity contribution in [3.63, 3.8) is 0 Å². The first-order chi connectivity index (χ1) is 16.0. The number of sulfone groups is 1. The van der Waals surface area contributed by atoms with Crippen molar-refractivity contribution < 1.29 is 27.5 Å². The quantitative estimate of drug-likeness (QED) is 0.623. The fraction of sp³-hybridized carbons (Fsp3) is 0.375. The number of ether oxygens (including phenoxy) is 1. The minimum Gasteiger partial charge on any atom is -0.372 e. The minimum atomic E-state index is -3.30. The molecule has 3 aliphatic heterocycles. The van der Waals surface area contributed by atoms with Gasteiger partial charge >= 0.3 is 6.03 Å². The third-order valence-electron chi connectivity index (χ3n) is 6.93. The van der Waals surface area contributed by atoms with Crippen LogP contribution in [0.5, 0.6) is 0 Å². The smallest absolute Gasteiger partial charge is 0.328 e. The van der Waals surface area contributed by atoms with Gasteiger partial charge in [0.25, 0.3) is 0 Å². The number of amides is 4. The van der Waals surface area contributed by atoms with Crippen LogP contribution in [-0.2, 0) is 30.6 Å². The molecular weight excluding hydrogens is 458 g/mol. The van der Waals surface area contributed by atoms with Crippen LogP contribution in [0.1, 0.15) is 19.4 Å². The lowest BCUT2D eigenvalue weighted by molar-refractivity contribution is -0.153. The molecule has 0 saturated carbocycles. The zero-order chi connectivity index (χ0) is 24.4. The predicted molar refractivity (Wildman–Crippen MR) is 124 cm³/mol. The first kappa shape index (κ1) is 22.5. The standard InChI is InChI=1S/C24H25N3O6S/c1-13-12-27-19-10-16(15-6-8-18(9-7-15)34(3,31)32)4-5-17(19)11-24(20(27)14(2)33-13)21(28)25-23(30)26-22(24)29/h4-10,13-14,20H,11-12H2,1-3H3,(H2,25,26,28,29,30)/t13-,14+,20-/m1/s1. The number of hydrogen-bond donors (Lipinski definition) is 2. The number of carbonyl (C=O) groups is 3. The first-order valence-electron chi connectivity index (χ1n) is 11.0. The van der Waals surface area contributed by atoms with E-state index in [1.807, 2.05) is 36.9 Å². The Hall–Kier alpha value is -3.24. The van der Waals surface area contributed by atoms with E-state index in [4.69, 9.17) is 4.74 Å². The number of nitrogens with zero attached hydrogens (tertiary/aromatic N) is 1. The maximum atomic E-state index is 13.2. The van der Waals surface area contributed by atoms with Crippen LogP contribution in [0.3, 0.4) is 0 Å². The summed E-state index contributed by atoms with van der Waals surface area (Å²) in [6.45, 7) is 4.24. The van der Waals surface area contributed by atoms with Gasteiger partial charge < -0.3 is 9.64 Å². The van der Waals surface area contributed by atoms with Crippen LogP contribution in [0.15, 0.2) is 47.4 Å². The van der Waals surface area contributed by atoms with E-state index >= 15 is 0 Å². The molecule has 3 aliphatic rings. The van der Waals surface area contributed by atoms with Gasteiger partial charge in [-0.15, -0.1) is 0 Å². The lowest BCUT2D eigenvalue weighted by atomic mass is 9.66. The van der Waals surface area contributed by atoms with E-state index in [1.54, 1.807) is 24.3 Å². The van der Waals surface area contributed by atoms with E-state index in [0.717, 1.165) is 22.4 Å². The molecule has 0 aliphatic carbocycles. The average molecular weight is 484 g/mol. The second kappa shape index (κ2) is 7.64. The molecule has 1 spiro atoms. The number of hydrogen-bond acceptors (Lipinski definition) is 7. The van der Waals surface area contributed by atoms with E-state index in [-0.39, 0.29) is 17.4 Å². The highest BCUT2D eigenvalue weighted by Gasteiger charge is 2.62. The Bertz CT molecular complexity index is 1300. The van der Waals surface area contributed by atoms with E-state index in [2.05, 4.69) is 10.6 Å². The second-order valence-corrected chi connectivity index (χ2v) is 11.3. The molecule has 0 unspecified atom stereocenters. The van der Waals surface area contributed by atoms with Crippen LogP contribution in [0.2, 0.25) is 0 Å². The largest absolute Gasteiger partial charge is 0.372 e. The number of benzene rings is 2. The molecule has 34 heavy (non-hydrogen) atoms. The lowest BCUT2D eigenvalue weighted by Crippen LogP contribution is -2.75. The summed E-state index contributed by atoms with van der Waals surface area (Å²) in [7, 11) is -3.30. The normalized spacial score (nSPS) is 25.9. The number of urea groups is 1. The molecule has 0 bridgehead atoms. The number of barbiturate groups is 1. The summed E-state index contributed by atoms with van der Waals surface area (Å²) in [5.74, 6) is -1.24. The molecule has 0 radical (unpaired) electrons. The summed E-state index contributed by atoms with van der Waals surface area (Å²) in [4.78, 5) is 40.4. The van der Waals surface area contributed by atoms with Gasteiger partial charge in [0, 0.05) is 18.5 Å². The average Bonchev–Trinajstić information content (AvgIpc) is 2.76. The zero-order valence-corrected chi connectivity index (χ0v) is 19.8. The van der Waals surface area contributed by atoms with Gasteiger partial charge in [0.2, 0.25) is 11.8 Å². The van der Waals surface area contributed by atoms with Crippen molar-refractivity contribution in [2.75, 3.05) is 17.7 Å². The van der Waals surface area contributed by atoms with Gasteiger partial charge in [0.15, 0.2) is 15.3 Å². The summed E-state index contributed by atoms with van der Waals surface area (Å²) in [5, 5.41) is 4.56. The van der Waals surface area contributed by atoms with Crippen molar-refractivity contribution in [2.24, 2.45) is 5.41 Å². The van der Waals surface area contributed by atoms with Crippen molar-refractivity contribution in [2.45, 2.75) is 43.4 Å². The van der Waals surface area contributed by atoms with Crippen molar-refractivity contribution in [3.05, 3.63) is 48.0 Å².